The lowest BCUT2D eigenvalue weighted by atomic mass is 9.98. The van der Waals surface area contributed by atoms with E-state index in [1.165, 1.54) is 6.07 Å². The van der Waals surface area contributed by atoms with Gasteiger partial charge in [0.15, 0.2) is 5.65 Å². The second-order valence-corrected chi connectivity index (χ2v) is 8.89. The zero-order chi connectivity index (χ0) is 22.9. The molecule has 7 nitrogen and oxygen atoms in total. The minimum Gasteiger partial charge on any atom is -0.294 e. The number of carbonyl (C=O) groups is 1. The van der Waals surface area contributed by atoms with Gasteiger partial charge in [-0.2, -0.15) is 18.6 Å². The molecule has 10 heteroatoms. The number of hydrogen-bond acceptors (Lipinski definition) is 4. The quantitative estimate of drug-likeness (QED) is 0.404. The minimum absolute atomic E-state index is 0. The molecule has 1 atom stereocenters. The Kier molecular flexibility index (Phi) is 5.74. The number of fused-ring (bicyclic) bond motifs is 2. The van der Waals surface area contributed by atoms with Crippen LogP contribution in [0.25, 0.3) is 5.65 Å². The lowest BCUT2D eigenvalue weighted by molar-refractivity contribution is 0.0981. The molecule has 3 aromatic heterocycles. The maximum absolute atomic E-state index is 15.2. The second kappa shape index (κ2) is 8.14. The van der Waals surface area contributed by atoms with Gasteiger partial charge < -0.3 is 0 Å². The molecule has 0 spiro atoms. The SMILES string of the molecule is Cc1nn(C(C)C)c2c1[C@@H](c1ccc(Cl)cc1F)N(c1cc(C)c3nnc(C)n3c1)C2=O.S. The number of carbonyl (C=O) groups excluding carboxylic acids is 1. The molecule has 1 amide bonds. The normalized spacial score (nSPS) is 15.5. The fraction of sp³-hybridized carbons (Fsp3) is 0.304. The lowest BCUT2D eigenvalue weighted by Crippen LogP contribution is -2.31. The fourth-order valence-corrected chi connectivity index (χ4v) is 4.66. The van der Waals surface area contributed by atoms with Crippen molar-refractivity contribution in [3.8, 4) is 0 Å². The van der Waals surface area contributed by atoms with E-state index >= 15 is 4.39 Å². The summed E-state index contributed by atoms with van der Waals surface area (Å²) in [4.78, 5) is 15.5. The molecular weight excluding hydrogens is 463 g/mol. The van der Waals surface area contributed by atoms with E-state index in [1.807, 2.05) is 51.3 Å². The van der Waals surface area contributed by atoms with Gasteiger partial charge in [0.1, 0.15) is 17.3 Å². The molecule has 5 rings (SSSR count). The number of halogens is 2. The molecule has 4 heterocycles. The predicted molar refractivity (Wildman–Crippen MR) is 130 cm³/mol. The smallest absolute Gasteiger partial charge is 0.277 e. The van der Waals surface area contributed by atoms with Crippen molar-refractivity contribution in [2.75, 3.05) is 4.90 Å². The van der Waals surface area contributed by atoms with E-state index in [0.717, 1.165) is 5.56 Å². The Hall–Kier alpha value is -2.91. The van der Waals surface area contributed by atoms with E-state index < -0.39 is 11.9 Å². The summed E-state index contributed by atoms with van der Waals surface area (Å²) in [5.41, 5.74) is 4.47. The first-order chi connectivity index (χ1) is 15.2. The maximum Gasteiger partial charge on any atom is 0.277 e. The number of benzene rings is 1. The Morgan fingerprint density at radius 1 is 1.12 bits per heavy atom. The molecule has 0 saturated heterocycles. The highest BCUT2D eigenvalue weighted by Gasteiger charge is 2.45. The summed E-state index contributed by atoms with van der Waals surface area (Å²) < 4.78 is 18.8. The van der Waals surface area contributed by atoms with Gasteiger partial charge in [0, 0.05) is 28.4 Å². The van der Waals surface area contributed by atoms with Crippen LogP contribution in [0.1, 0.15) is 64.6 Å². The van der Waals surface area contributed by atoms with Crippen LogP contribution in [-0.4, -0.2) is 30.3 Å². The van der Waals surface area contributed by atoms with E-state index in [0.29, 0.717) is 44.7 Å². The summed E-state index contributed by atoms with van der Waals surface area (Å²) in [6.45, 7) is 9.56. The Bertz CT molecular complexity index is 1410. The molecule has 0 unspecified atom stereocenters. The van der Waals surface area contributed by atoms with Gasteiger partial charge in [-0.15, -0.1) is 10.2 Å². The van der Waals surface area contributed by atoms with Crippen molar-refractivity contribution < 1.29 is 9.18 Å². The Morgan fingerprint density at radius 3 is 2.52 bits per heavy atom. The first kappa shape index (κ1) is 23.3. The van der Waals surface area contributed by atoms with E-state index in [1.54, 1.807) is 21.7 Å². The van der Waals surface area contributed by atoms with Gasteiger partial charge in [0.2, 0.25) is 0 Å². The minimum atomic E-state index is -0.670. The van der Waals surface area contributed by atoms with Crippen molar-refractivity contribution in [3.63, 3.8) is 0 Å². The molecule has 0 saturated carbocycles. The van der Waals surface area contributed by atoms with Gasteiger partial charge in [0.05, 0.1) is 17.4 Å². The molecule has 0 fully saturated rings. The van der Waals surface area contributed by atoms with Crippen molar-refractivity contribution in [2.45, 2.75) is 46.7 Å². The summed E-state index contributed by atoms with van der Waals surface area (Å²) in [7, 11) is 0. The molecule has 172 valence electrons. The van der Waals surface area contributed by atoms with E-state index in [2.05, 4.69) is 15.3 Å². The number of amides is 1. The Labute approximate surface area is 202 Å². The van der Waals surface area contributed by atoms with Crippen LogP contribution in [0.4, 0.5) is 10.1 Å². The summed E-state index contributed by atoms with van der Waals surface area (Å²) in [5.74, 6) is 0.00845. The molecule has 1 aliphatic rings. The lowest BCUT2D eigenvalue weighted by Gasteiger charge is -2.27. The van der Waals surface area contributed by atoms with Crippen molar-refractivity contribution >= 4 is 42.3 Å². The molecular formula is C23H24ClFN6OS. The molecule has 33 heavy (non-hydrogen) atoms. The van der Waals surface area contributed by atoms with Crippen molar-refractivity contribution in [2.24, 2.45) is 0 Å². The van der Waals surface area contributed by atoms with Gasteiger partial charge in [-0.1, -0.05) is 17.7 Å². The summed E-state index contributed by atoms with van der Waals surface area (Å²) in [5, 5.41) is 13.3. The van der Waals surface area contributed by atoms with Crippen molar-refractivity contribution in [3.05, 3.63) is 75.2 Å². The third-order valence-corrected chi connectivity index (χ3v) is 6.19. The van der Waals surface area contributed by atoms with Gasteiger partial charge in [-0.25, -0.2) is 4.39 Å². The third kappa shape index (κ3) is 3.41. The van der Waals surface area contributed by atoms with Crippen molar-refractivity contribution in [1.82, 2.24) is 24.4 Å². The largest absolute Gasteiger partial charge is 0.294 e. The number of anilines is 1. The highest BCUT2D eigenvalue weighted by Crippen LogP contribution is 2.45. The molecule has 1 aliphatic heterocycles. The number of nitrogens with zero attached hydrogens (tertiary/aromatic N) is 6. The van der Waals surface area contributed by atoms with Crippen LogP contribution < -0.4 is 4.90 Å². The van der Waals surface area contributed by atoms with E-state index in [9.17, 15) is 4.79 Å². The predicted octanol–water partition coefficient (Wildman–Crippen LogP) is 5.09. The summed E-state index contributed by atoms with van der Waals surface area (Å²) in [6.07, 6.45) is 1.82. The van der Waals surface area contributed by atoms with Crippen LogP contribution in [0.2, 0.25) is 5.02 Å². The maximum atomic E-state index is 15.2. The number of hydrogen-bond donors (Lipinski definition) is 0. The second-order valence-electron chi connectivity index (χ2n) is 8.45. The van der Waals surface area contributed by atoms with E-state index in [4.69, 9.17) is 11.6 Å². The number of aryl methyl sites for hydroxylation is 3. The van der Waals surface area contributed by atoms with Gasteiger partial charge >= 0.3 is 0 Å². The van der Waals surface area contributed by atoms with Crippen LogP contribution in [0.3, 0.4) is 0 Å². The first-order valence-corrected chi connectivity index (χ1v) is 10.8. The van der Waals surface area contributed by atoms with Crippen LogP contribution in [0, 0.1) is 26.6 Å². The summed E-state index contributed by atoms with van der Waals surface area (Å²) in [6, 6.07) is 5.74. The fourth-order valence-electron chi connectivity index (χ4n) is 4.50. The van der Waals surface area contributed by atoms with Gasteiger partial charge in [-0.3, -0.25) is 18.8 Å². The highest BCUT2D eigenvalue weighted by molar-refractivity contribution is 7.59. The van der Waals surface area contributed by atoms with Crippen molar-refractivity contribution in [1.29, 1.82) is 0 Å². The monoisotopic (exact) mass is 486 g/mol. The standard InChI is InChI=1S/C23H22ClFN6O.H2S/c1-11(2)31-21-19(13(4)28-31)20(17-7-6-15(24)9-18(17)25)30(23(21)32)16-8-12(3)22-27-26-14(5)29(22)10-16;/h6-11,20H,1-5H3;1H2/t20-;/m1./s1. The van der Waals surface area contributed by atoms with Crippen LogP contribution in [0.5, 0.6) is 0 Å². The zero-order valence-corrected chi connectivity index (χ0v) is 20.6. The van der Waals surface area contributed by atoms with Crippen LogP contribution in [0.15, 0.2) is 30.5 Å². The molecule has 0 aliphatic carbocycles. The highest BCUT2D eigenvalue weighted by atomic mass is 35.5. The average molecular weight is 487 g/mol. The number of pyridine rings is 1. The van der Waals surface area contributed by atoms with Crippen LogP contribution >= 0.6 is 25.1 Å². The Balaban J connectivity index is 0.00000259. The molecule has 0 N–H and O–H groups in total. The molecule has 0 radical (unpaired) electrons. The van der Waals surface area contributed by atoms with Gasteiger partial charge in [0.25, 0.3) is 5.91 Å². The Morgan fingerprint density at radius 2 is 1.85 bits per heavy atom. The van der Waals surface area contributed by atoms with Gasteiger partial charge in [-0.05, 0) is 58.4 Å². The number of aromatic nitrogens is 5. The third-order valence-electron chi connectivity index (χ3n) is 5.95. The average Bonchev–Trinajstić information content (AvgIpc) is 3.36. The van der Waals surface area contributed by atoms with Crippen LogP contribution in [-0.2, 0) is 0 Å². The number of rotatable bonds is 3. The molecule has 4 aromatic rings. The molecule has 1 aromatic carbocycles. The topological polar surface area (TPSA) is 68.3 Å². The summed E-state index contributed by atoms with van der Waals surface area (Å²) >= 11 is 6.02. The molecule has 0 bridgehead atoms. The zero-order valence-electron chi connectivity index (χ0n) is 18.9. The van der Waals surface area contributed by atoms with E-state index in [-0.39, 0.29) is 25.4 Å². The first-order valence-electron chi connectivity index (χ1n) is 10.4.